The van der Waals surface area contributed by atoms with E-state index in [1.807, 2.05) is 20.8 Å². The van der Waals surface area contributed by atoms with Gasteiger partial charge in [-0.25, -0.2) is 27.5 Å². The molecule has 244 valence electrons. The van der Waals surface area contributed by atoms with Gasteiger partial charge in [0.2, 0.25) is 10.0 Å². The molecule has 2 aromatic rings. The maximum absolute atomic E-state index is 14.1. The Kier molecular flexibility index (Phi) is 11.6. The predicted molar refractivity (Wildman–Crippen MR) is 171 cm³/mol. The second-order valence-corrected chi connectivity index (χ2v) is 14.7. The maximum Gasteiger partial charge on any atom is 0.257 e. The molecule has 0 unspecified atom stereocenters. The van der Waals surface area contributed by atoms with E-state index in [-0.39, 0.29) is 29.3 Å². The lowest BCUT2D eigenvalue weighted by Gasteiger charge is -2.54. The molecule has 2 saturated heterocycles. The third-order valence-electron chi connectivity index (χ3n) is 9.01. The molecule has 1 aliphatic carbocycles. The highest BCUT2D eigenvalue weighted by molar-refractivity contribution is 7.89. The molecule has 0 atom stereocenters. The lowest BCUT2D eigenvalue weighted by molar-refractivity contribution is 0.0713. The Labute approximate surface area is 262 Å². The zero-order valence-corrected chi connectivity index (χ0v) is 27.7. The van der Waals surface area contributed by atoms with Gasteiger partial charge in [0.15, 0.2) is 11.6 Å². The van der Waals surface area contributed by atoms with E-state index in [2.05, 4.69) is 31.5 Å². The van der Waals surface area contributed by atoms with Crippen molar-refractivity contribution >= 4 is 21.7 Å². The van der Waals surface area contributed by atoms with Crippen molar-refractivity contribution in [2.75, 3.05) is 50.4 Å². The number of nitrogens with zero attached hydrogens (tertiary/aromatic N) is 5. The molecule has 0 bridgehead atoms. The molecule has 3 heterocycles. The maximum atomic E-state index is 14.1. The number of amides is 1. The molecule has 44 heavy (non-hydrogen) atoms. The van der Waals surface area contributed by atoms with Gasteiger partial charge in [-0.2, -0.15) is 0 Å². The monoisotopic (exact) mass is 632 g/mol. The van der Waals surface area contributed by atoms with Crippen LogP contribution >= 0.6 is 0 Å². The molecule has 1 N–H and O–H groups in total. The van der Waals surface area contributed by atoms with Crippen LogP contribution < -0.4 is 14.4 Å². The van der Waals surface area contributed by atoms with Crippen LogP contribution in [0.2, 0.25) is 0 Å². The van der Waals surface area contributed by atoms with Gasteiger partial charge in [-0.3, -0.25) is 4.79 Å². The van der Waals surface area contributed by atoms with Gasteiger partial charge in [-0.05, 0) is 91.7 Å². The van der Waals surface area contributed by atoms with Crippen LogP contribution in [0.15, 0.2) is 30.7 Å². The number of aromatic nitrogens is 2. The number of anilines is 1. The van der Waals surface area contributed by atoms with Crippen molar-refractivity contribution in [3.05, 3.63) is 42.1 Å². The van der Waals surface area contributed by atoms with E-state index < -0.39 is 15.8 Å². The topological polar surface area (TPSA) is 108 Å². The predicted octanol–water partition coefficient (Wildman–Crippen LogP) is 5.07. The molecular formula is C32H49FN6O4S. The van der Waals surface area contributed by atoms with Gasteiger partial charge in [0.05, 0.1) is 17.5 Å². The minimum absolute atomic E-state index is 0.00828. The van der Waals surface area contributed by atoms with Crippen LogP contribution in [0.4, 0.5) is 10.2 Å². The Bertz CT molecular complexity index is 1350. The van der Waals surface area contributed by atoms with E-state index in [1.165, 1.54) is 43.8 Å². The molecule has 3 aliphatic rings. The smallest absolute Gasteiger partial charge is 0.257 e. The average molecular weight is 633 g/mol. The van der Waals surface area contributed by atoms with Crippen LogP contribution in [0.25, 0.3) is 0 Å². The second-order valence-electron chi connectivity index (χ2n) is 12.7. The summed E-state index contributed by atoms with van der Waals surface area (Å²) in [6, 6.07) is 4.25. The molecule has 5 rings (SSSR count). The van der Waals surface area contributed by atoms with Crippen molar-refractivity contribution in [1.82, 2.24) is 24.5 Å². The zero-order valence-electron chi connectivity index (χ0n) is 26.9. The number of ether oxygens (including phenoxy) is 1. The van der Waals surface area contributed by atoms with Crippen molar-refractivity contribution in [2.45, 2.75) is 84.7 Å². The molecule has 0 radical (unpaired) electrons. The number of likely N-dealkylation sites (tertiary alicyclic amines) is 1. The van der Waals surface area contributed by atoms with E-state index in [1.54, 1.807) is 18.0 Å². The number of halogens is 1. The normalized spacial score (nSPS) is 18.8. The molecule has 1 spiro atoms. The highest BCUT2D eigenvalue weighted by Crippen LogP contribution is 2.44. The SMILES string of the molecule is CCN(C(=O)c1cc(F)ccc1Oc1cncnc1N1CC2(CCN(C)CC2)C1)C(C)C.CCS(=O)(=O)NC1CCCCC1. The Morgan fingerprint density at radius 1 is 1.14 bits per heavy atom. The van der Waals surface area contributed by atoms with Crippen molar-refractivity contribution < 1.29 is 22.3 Å². The van der Waals surface area contributed by atoms with Crippen LogP contribution in [0.5, 0.6) is 11.5 Å². The zero-order chi connectivity index (χ0) is 31.9. The van der Waals surface area contributed by atoms with E-state index in [0.29, 0.717) is 29.3 Å². The fourth-order valence-corrected chi connectivity index (χ4v) is 7.18. The fraction of sp³-hybridized carbons (Fsp3) is 0.656. The summed E-state index contributed by atoms with van der Waals surface area (Å²) in [5, 5.41) is 0. The van der Waals surface area contributed by atoms with Gasteiger partial charge in [0.1, 0.15) is 17.9 Å². The second kappa shape index (κ2) is 15.0. The van der Waals surface area contributed by atoms with Gasteiger partial charge < -0.3 is 19.4 Å². The third-order valence-corrected chi connectivity index (χ3v) is 10.5. The van der Waals surface area contributed by atoms with Gasteiger partial charge in [0.25, 0.3) is 5.91 Å². The molecule has 10 nitrogen and oxygen atoms in total. The van der Waals surface area contributed by atoms with E-state index in [4.69, 9.17) is 4.74 Å². The number of carbonyl (C=O) groups is 1. The van der Waals surface area contributed by atoms with Crippen molar-refractivity contribution in [1.29, 1.82) is 0 Å². The summed E-state index contributed by atoms with van der Waals surface area (Å²) < 4.78 is 45.2. The first kappa shape index (κ1) is 34.1. The van der Waals surface area contributed by atoms with Gasteiger partial charge in [0, 0.05) is 37.1 Å². The number of carbonyl (C=O) groups excluding carboxylic acids is 1. The Hall–Kier alpha value is -2.83. The molecule has 1 amide bonds. The highest BCUT2D eigenvalue weighted by atomic mass is 32.2. The Balaban J connectivity index is 0.000000309. The lowest BCUT2D eigenvalue weighted by atomic mass is 9.72. The number of sulfonamides is 1. The molecule has 1 saturated carbocycles. The van der Waals surface area contributed by atoms with Gasteiger partial charge >= 0.3 is 0 Å². The lowest BCUT2D eigenvalue weighted by Crippen LogP contribution is -2.60. The number of hydrogen-bond acceptors (Lipinski definition) is 8. The molecule has 1 aromatic heterocycles. The summed E-state index contributed by atoms with van der Waals surface area (Å²) in [5.74, 6) is 0.957. The van der Waals surface area contributed by atoms with Crippen LogP contribution in [-0.2, 0) is 10.0 Å². The molecule has 1 aromatic carbocycles. The summed E-state index contributed by atoms with van der Waals surface area (Å²) >= 11 is 0. The van der Waals surface area contributed by atoms with Crippen LogP contribution in [0.3, 0.4) is 0 Å². The molecule has 3 fully saturated rings. The standard InChI is InChI=1S/C24H32FN5O2.C8H17NO2S/c1-5-30(17(2)3)23(31)19-12-18(25)6-7-20(19)32-21-13-26-16-27-22(21)29-14-24(15-29)8-10-28(4)11-9-24;1-2-12(10,11)9-8-6-4-3-5-7-8/h6-7,12-13,16-17H,5,8-11,14-15H2,1-4H3;8-9H,2-7H2,1H3. The summed E-state index contributed by atoms with van der Waals surface area (Å²) in [5.41, 5.74) is 0.538. The van der Waals surface area contributed by atoms with Gasteiger partial charge in [-0.1, -0.05) is 19.3 Å². The molecule has 2 aliphatic heterocycles. The first-order valence-corrected chi connectivity index (χ1v) is 17.6. The minimum atomic E-state index is -2.97. The molecular weight excluding hydrogens is 583 g/mol. The van der Waals surface area contributed by atoms with Crippen molar-refractivity contribution in [3.8, 4) is 11.5 Å². The number of nitrogens with one attached hydrogen (secondary N) is 1. The Morgan fingerprint density at radius 3 is 2.43 bits per heavy atom. The number of rotatable bonds is 9. The van der Waals surface area contributed by atoms with E-state index >= 15 is 0 Å². The summed E-state index contributed by atoms with van der Waals surface area (Å²) in [7, 11) is -0.802. The highest BCUT2D eigenvalue weighted by Gasteiger charge is 2.45. The van der Waals surface area contributed by atoms with Gasteiger partial charge in [-0.15, -0.1) is 0 Å². The average Bonchev–Trinajstić information content (AvgIpc) is 2.98. The van der Waals surface area contributed by atoms with E-state index in [0.717, 1.165) is 51.9 Å². The van der Waals surface area contributed by atoms with Crippen molar-refractivity contribution in [3.63, 3.8) is 0 Å². The van der Waals surface area contributed by atoms with Crippen molar-refractivity contribution in [2.24, 2.45) is 5.41 Å². The third kappa shape index (κ3) is 8.66. The van der Waals surface area contributed by atoms with Crippen LogP contribution in [0, 0.1) is 11.2 Å². The van der Waals surface area contributed by atoms with Crippen LogP contribution in [-0.4, -0.2) is 91.7 Å². The first-order valence-electron chi connectivity index (χ1n) is 16.0. The summed E-state index contributed by atoms with van der Waals surface area (Å²) in [4.78, 5) is 28.0. The first-order chi connectivity index (χ1) is 21.0. The summed E-state index contributed by atoms with van der Waals surface area (Å²) in [6.45, 7) is 12.1. The van der Waals surface area contributed by atoms with Crippen LogP contribution in [0.1, 0.15) is 83.0 Å². The van der Waals surface area contributed by atoms with E-state index in [9.17, 15) is 17.6 Å². The largest absolute Gasteiger partial charge is 0.451 e. The number of hydrogen-bond donors (Lipinski definition) is 1. The Morgan fingerprint density at radius 2 is 1.82 bits per heavy atom. The summed E-state index contributed by atoms with van der Waals surface area (Å²) in [6.07, 6.45) is 11.1. The minimum Gasteiger partial charge on any atom is -0.451 e. The number of benzene rings is 1. The fourth-order valence-electron chi connectivity index (χ4n) is 6.27. The molecule has 12 heteroatoms. The number of piperidine rings is 1. The quantitative estimate of drug-likeness (QED) is 0.409.